The highest BCUT2D eigenvalue weighted by Crippen LogP contribution is 2.40. The van der Waals surface area contributed by atoms with Crippen molar-refractivity contribution in [1.29, 1.82) is 0 Å². The molecule has 1 aliphatic heterocycles. The number of rotatable bonds is 0. The second-order valence-corrected chi connectivity index (χ2v) is 2.43. The van der Waals surface area contributed by atoms with Crippen LogP contribution in [-0.4, -0.2) is 6.54 Å². The van der Waals surface area contributed by atoms with Crippen molar-refractivity contribution in [1.82, 2.24) is 5.32 Å². The van der Waals surface area contributed by atoms with Gasteiger partial charge < -0.3 is 5.32 Å². The Kier molecular flexibility index (Phi) is 0.518. The summed E-state index contributed by atoms with van der Waals surface area (Å²) < 4.78 is 0. The molecule has 0 spiro atoms. The van der Waals surface area contributed by atoms with E-state index in [9.17, 15) is 0 Å². The lowest BCUT2D eigenvalue weighted by atomic mass is 10.2. The van der Waals surface area contributed by atoms with Crippen LogP contribution in [0.3, 0.4) is 0 Å². The summed E-state index contributed by atoms with van der Waals surface area (Å²) >= 11 is 0. The van der Waals surface area contributed by atoms with Gasteiger partial charge in [-0.2, -0.15) is 0 Å². The Morgan fingerprint density at radius 3 is 3.14 bits per heavy atom. The van der Waals surface area contributed by atoms with Gasteiger partial charge in [0.25, 0.3) is 0 Å². The number of hydrogen-bond acceptors (Lipinski definition) is 1. The van der Waals surface area contributed by atoms with E-state index in [4.69, 9.17) is 0 Å². The van der Waals surface area contributed by atoms with Gasteiger partial charge in [-0.15, -0.1) is 0 Å². The van der Waals surface area contributed by atoms with E-state index in [1.54, 1.807) is 0 Å². The predicted molar refractivity (Wildman–Crippen MR) is 28.7 cm³/mol. The Hall–Kier alpha value is -0.460. The molecule has 0 radical (unpaired) electrons. The SMILES string of the molecule is C1=CC2CC2CN1. The van der Waals surface area contributed by atoms with E-state index < -0.39 is 0 Å². The van der Waals surface area contributed by atoms with E-state index >= 15 is 0 Å². The first-order valence-corrected chi connectivity index (χ1v) is 2.87. The fourth-order valence-electron chi connectivity index (χ4n) is 1.15. The van der Waals surface area contributed by atoms with Crippen molar-refractivity contribution < 1.29 is 0 Å². The second-order valence-electron chi connectivity index (χ2n) is 2.43. The molecule has 0 saturated heterocycles. The maximum Gasteiger partial charge on any atom is 0.0175 e. The zero-order chi connectivity index (χ0) is 4.69. The van der Waals surface area contributed by atoms with Crippen LogP contribution in [0.1, 0.15) is 6.42 Å². The van der Waals surface area contributed by atoms with E-state index in [-0.39, 0.29) is 0 Å². The molecule has 1 N–H and O–H groups in total. The molecule has 7 heavy (non-hydrogen) atoms. The lowest BCUT2D eigenvalue weighted by Crippen LogP contribution is -2.12. The Bertz CT molecular complexity index is 107. The zero-order valence-electron chi connectivity index (χ0n) is 4.22. The van der Waals surface area contributed by atoms with Gasteiger partial charge in [-0.1, -0.05) is 6.08 Å². The number of allylic oxidation sites excluding steroid dienone is 1. The van der Waals surface area contributed by atoms with Crippen LogP contribution in [0.5, 0.6) is 0 Å². The normalized spacial score (nSPS) is 44.6. The largest absolute Gasteiger partial charge is 0.391 e. The summed E-state index contributed by atoms with van der Waals surface area (Å²) in [6.45, 7) is 1.22. The molecule has 0 amide bonds. The van der Waals surface area contributed by atoms with Gasteiger partial charge in [-0.05, 0) is 24.5 Å². The molecule has 1 aliphatic carbocycles. The highest BCUT2D eigenvalue weighted by molar-refractivity contribution is 5.06. The average molecular weight is 95.1 g/mol. The van der Waals surface area contributed by atoms with Crippen molar-refractivity contribution >= 4 is 0 Å². The standard InChI is InChI=1S/C6H9N/c1-2-7-4-6-3-5(1)6/h1-2,5-7H,3-4H2. The van der Waals surface area contributed by atoms with Crippen LogP contribution in [0.2, 0.25) is 0 Å². The van der Waals surface area contributed by atoms with Crippen LogP contribution in [0.15, 0.2) is 12.3 Å². The lowest BCUT2D eigenvalue weighted by Gasteiger charge is -2.01. The summed E-state index contributed by atoms with van der Waals surface area (Å²) in [4.78, 5) is 0. The van der Waals surface area contributed by atoms with Crippen molar-refractivity contribution in [2.75, 3.05) is 6.54 Å². The molecule has 2 aliphatic rings. The number of fused-ring (bicyclic) bond motifs is 1. The summed E-state index contributed by atoms with van der Waals surface area (Å²) in [6.07, 6.45) is 5.78. The molecule has 0 aromatic rings. The summed E-state index contributed by atoms with van der Waals surface area (Å²) in [5.74, 6) is 1.96. The summed E-state index contributed by atoms with van der Waals surface area (Å²) in [5, 5.41) is 3.20. The highest BCUT2D eigenvalue weighted by atomic mass is 14.9. The summed E-state index contributed by atoms with van der Waals surface area (Å²) in [6, 6.07) is 0. The molecule has 1 heterocycles. The van der Waals surface area contributed by atoms with Crippen molar-refractivity contribution in [2.45, 2.75) is 6.42 Å². The minimum atomic E-state index is 0.959. The molecule has 2 atom stereocenters. The Balaban J connectivity index is 2.14. The quantitative estimate of drug-likeness (QED) is 0.468. The van der Waals surface area contributed by atoms with Gasteiger partial charge in [0.05, 0.1) is 0 Å². The molecule has 0 bridgehead atoms. The third kappa shape index (κ3) is 0.441. The smallest absolute Gasteiger partial charge is 0.0175 e. The van der Waals surface area contributed by atoms with Crippen molar-refractivity contribution in [3.63, 3.8) is 0 Å². The summed E-state index contributed by atoms with van der Waals surface area (Å²) in [5.41, 5.74) is 0. The lowest BCUT2D eigenvalue weighted by molar-refractivity contribution is 0.687. The van der Waals surface area contributed by atoms with Crippen LogP contribution < -0.4 is 5.32 Å². The molecule has 38 valence electrons. The predicted octanol–water partition coefficient (Wildman–Crippen LogP) is 0.739. The van der Waals surface area contributed by atoms with Gasteiger partial charge in [0.15, 0.2) is 0 Å². The van der Waals surface area contributed by atoms with Crippen LogP contribution >= 0.6 is 0 Å². The van der Waals surface area contributed by atoms with E-state index in [0.717, 1.165) is 11.8 Å². The second kappa shape index (κ2) is 1.03. The number of nitrogens with one attached hydrogen (secondary N) is 1. The summed E-state index contributed by atoms with van der Waals surface area (Å²) in [7, 11) is 0. The fraction of sp³-hybridized carbons (Fsp3) is 0.667. The van der Waals surface area contributed by atoms with Crippen LogP contribution in [0, 0.1) is 11.8 Å². The van der Waals surface area contributed by atoms with E-state index in [2.05, 4.69) is 17.6 Å². The van der Waals surface area contributed by atoms with Gasteiger partial charge in [-0.3, -0.25) is 0 Å². The zero-order valence-corrected chi connectivity index (χ0v) is 4.22. The topological polar surface area (TPSA) is 12.0 Å². The van der Waals surface area contributed by atoms with Crippen molar-refractivity contribution in [3.05, 3.63) is 12.3 Å². The molecular weight excluding hydrogens is 86.1 g/mol. The first-order valence-electron chi connectivity index (χ1n) is 2.87. The van der Waals surface area contributed by atoms with Crippen LogP contribution in [-0.2, 0) is 0 Å². The van der Waals surface area contributed by atoms with Crippen LogP contribution in [0.4, 0.5) is 0 Å². The molecule has 0 aromatic carbocycles. The maximum atomic E-state index is 3.20. The molecule has 1 fully saturated rings. The Labute approximate surface area is 43.4 Å². The van der Waals surface area contributed by atoms with E-state index in [1.807, 2.05) is 0 Å². The maximum absolute atomic E-state index is 3.20. The van der Waals surface area contributed by atoms with E-state index in [1.165, 1.54) is 13.0 Å². The van der Waals surface area contributed by atoms with Crippen molar-refractivity contribution in [2.24, 2.45) is 11.8 Å². The monoisotopic (exact) mass is 95.1 g/mol. The van der Waals surface area contributed by atoms with Gasteiger partial charge in [-0.25, -0.2) is 0 Å². The fourth-order valence-corrected chi connectivity index (χ4v) is 1.15. The van der Waals surface area contributed by atoms with E-state index in [0.29, 0.717) is 0 Å². The van der Waals surface area contributed by atoms with Gasteiger partial charge in [0, 0.05) is 6.54 Å². The van der Waals surface area contributed by atoms with Gasteiger partial charge in [0.2, 0.25) is 0 Å². The molecule has 1 saturated carbocycles. The third-order valence-corrected chi connectivity index (χ3v) is 1.82. The van der Waals surface area contributed by atoms with Gasteiger partial charge >= 0.3 is 0 Å². The first-order chi connectivity index (χ1) is 3.47. The molecule has 1 heteroatoms. The first kappa shape index (κ1) is 3.53. The minimum Gasteiger partial charge on any atom is -0.391 e. The third-order valence-electron chi connectivity index (χ3n) is 1.82. The van der Waals surface area contributed by atoms with Crippen molar-refractivity contribution in [3.8, 4) is 0 Å². The molecule has 2 unspecified atom stereocenters. The van der Waals surface area contributed by atoms with Gasteiger partial charge in [0.1, 0.15) is 0 Å². The minimum absolute atomic E-state index is 0.959. The Morgan fingerprint density at radius 1 is 1.57 bits per heavy atom. The molecule has 2 rings (SSSR count). The molecular formula is C6H9N. The molecule has 0 aromatic heterocycles. The number of hydrogen-bond donors (Lipinski definition) is 1. The molecule has 1 nitrogen and oxygen atoms in total. The average Bonchev–Trinajstić information content (AvgIpc) is 2.41. The van der Waals surface area contributed by atoms with Crippen LogP contribution in [0.25, 0.3) is 0 Å². The highest BCUT2D eigenvalue weighted by Gasteiger charge is 2.35. The Morgan fingerprint density at radius 2 is 2.57 bits per heavy atom.